The van der Waals surface area contributed by atoms with Crippen LogP contribution in [0.1, 0.15) is 80.2 Å². The summed E-state index contributed by atoms with van der Waals surface area (Å²) in [6, 6.07) is 5.67. The first-order valence-corrected chi connectivity index (χ1v) is 13.0. The number of ether oxygens (including phenoxy) is 1. The first kappa shape index (κ1) is 33.5. The van der Waals surface area contributed by atoms with Gasteiger partial charge >= 0.3 is 5.97 Å². The minimum atomic E-state index is -1.04. The van der Waals surface area contributed by atoms with Crippen molar-refractivity contribution in [3.63, 3.8) is 0 Å². The van der Waals surface area contributed by atoms with Crippen LogP contribution in [0.4, 0.5) is 5.69 Å². The fourth-order valence-corrected chi connectivity index (χ4v) is 3.33. The number of hydrogen-bond acceptors (Lipinski definition) is 7. The molecule has 216 valence electrons. The van der Waals surface area contributed by atoms with E-state index in [4.69, 9.17) is 10.5 Å². The lowest BCUT2D eigenvalue weighted by atomic mass is 9.85. The van der Waals surface area contributed by atoms with Crippen LogP contribution in [-0.2, 0) is 40.1 Å². The summed E-state index contributed by atoms with van der Waals surface area (Å²) in [5, 5.41) is 5.27. The molecule has 1 aromatic carbocycles. The Labute approximate surface area is 230 Å². The van der Waals surface area contributed by atoms with Gasteiger partial charge in [0.05, 0.1) is 17.4 Å². The highest BCUT2D eigenvalue weighted by Gasteiger charge is 2.30. The van der Waals surface area contributed by atoms with E-state index in [0.717, 1.165) is 5.56 Å². The van der Waals surface area contributed by atoms with Gasteiger partial charge in [0.15, 0.2) is 5.78 Å². The van der Waals surface area contributed by atoms with E-state index in [9.17, 15) is 28.8 Å². The SMILES string of the molecule is CC(CC(=O)C(C)(C)C)C(=O)NC(C)C(=O)CC(CC(N)=O)C(=O)Nc1ccc(COC(=O)C(C)(C)C)cc1. The summed E-state index contributed by atoms with van der Waals surface area (Å²) in [6.07, 6.45) is -0.622. The molecule has 4 N–H and O–H groups in total. The number of ketones is 2. The molecule has 0 aliphatic carbocycles. The van der Waals surface area contributed by atoms with Crippen molar-refractivity contribution >= 4 is 40.9 Å². The number of benzene rings is 1. The molecule has 10 nitrogen and oxygen atoms in total. The molecule has 0 aliphatic heterocycles. The molecule has 0 radical (unpaired) electrons. The standard InChI is InChI=1S/C29H43N3O7/c1-17(13-23(34)28(3,4)5)25(36)31-18(2)22(33)14-20(15-24(30)35)26(37)32-21-11-9-19(10-12-21)16-39-27(38)29(6,7)8/h9-12,17-18,20H,13-16H2,1-8H3,(H2,30,35)(H,31,36)(H,32,37). The summed E-state index contributed by atoms with van der Waals surface area (Å²) >= 11 is 0. The summed E-state index contributed by atoms with van der Waals surface area (Å²) in [5.41, 5.74) is 5.26. The van der Waals surface area contributed by atoms with E-state index in [-0.39, 0.29) is 37.6 Å². The highest BCUT2D eigenvalue weighted by molar-refractivity contribution is 5.99. The van der Waals surface area contributed by atoms with E-state index < -0.39 is 52.2 Å². The summed E-state index contributed by atoms with van der Waals surface area (Å²) < 4.78 is 5.28. The number of primary amides is 1. The largest absolute Gasteiger partial charge is 0.460 e. The maximum absolute atomic E-state index is 12.9. The summed E-state index contributed by atoms with van der Waals surface area (Å²) in [4.78, 5) is 74.0. The molecule has 0 bridgehead atoms. The second-order valence-electron chi connectivity index (χ2n) is 12.1. The Morgan fingerprint density at radius 3 is 1.87 bits per heavy atom. The van der Waals surface area contributed by atoms with Crippen molar-refractivity contribution in [2.45, 2.75) is 87.3 Å². The first-order valence-electron chi connectivity index (χ1n) is 13.0. The van der Waals surface area contributed by atoms with Crippen molar-refractivity contribution in [3.8, 4) is 0 Å². The number of carbonyl (C=O) groups is 6. The molecular weight excluding hydrogens is 502 g/mol. The molecule has 1 aromatic rings. The Morgan fingerprint density at radius 1 is 0.821 bits per heavy atom. The van der Waals surface area contributed by atoms with Gasteiger partial charge in [-0.2, -0.15) is 0 Å². The molecule has 0 heterocycles. The van der Waals surface area contributed by atoms with E-state index in [2.05, 4.69) is 10.6 Å². The van der Waals surface area contributed by atoms with Gasteiger partial charge in [0.1, 0.15) is 12.4 Å². The molecule has 3 unspecified atom stereocenters. The zero-order chi connectivity index (χ0) is 30.1. The van der Waals surface area contributed by atoms with Gasteiger partial charge in [-0.15, -0.1) is 0 Å². The molecular formula is C29H43N3O7. The normalized spacial score (nSPS) is 13.9. The van der Waals surface area contributed by atoms with Crippen LogP contribution < -0.4 is 16.4 Å². The number of rotatable bonds is 13. The predicted molar refractivity (Wildman–Crippen MR) is 147 cm³/mol. The summed E-state index contributed by atoms with van der Waals surface area (Å²) in [5.74, 6) is -4.29. The van der Waals surface area contributed by atoms with Gasteiger partial charge in [-0.3, -0.25) is 28.8 Å². The van der Waals surface area contributed by atoms with Gasteiger partial charge in [-0.1, -0.05) is 39.8 Å². The van der Waals surface area contributed by atoms with Crippen molar-refractivity contribution < 1.29 is 33.5 Å². The summed E-state index contributed by atoms with van der Waals surface area (Å²) in [6.45, 7) is 13.8. The third kappa shape index (κ3) is 11.8. The zero-order valence-corrected chi connectivity index (χ0v) is 24.3. The summed E-state index contributed by atoms with van der Waals surface area (Å²) in [7, 11) is 0. The number of carbonyl (C=O) groups excluding carboxylic acids is 6. The molecule has 3 amide bonds. The monoisotopic (exact) mass is 545 g/mol. The Bertz CT molecular complexity index is 1070. The Balaban J connectivity index is 2.77. The number of Topliss-reactive ketones (excluding diaryl/α,β-unsaturated/α-hetero) is 2. The predicted octanol–water partition coefficient (Wildman–Crippen LogP) is 3.31. The smallest absolute Gasteiger partial charge is 0.311 e. The third-order valence-corrected chi connectivity index (χ3v) is 6.09. The number of nitrogens with two attached hydrogens (primary N) is 1. The van der Waals surface area contributed by atoms with Crippen LogP contribution >= 0.6 is 0 Å². The number of esters is 1. The molecule has 0 spiro atoms. The van der Waals surface area contributed by atoms with Gasteiger partial charge in [-0.25, -0.2) is 0 Å². The van der Waals surface area contributed by atoms with E-state index in [1.165, 1.54) is 6.92 Å². The number of hydrogen-bond donors (Lipinski definition) is 3. The first-order chi connectivity index (χ1) is 17.8. The van der Waals surface area contributed by atoms with Crippen LogP contribution in [0.25, 0.3) is 0 Å². The lowest BCUT2D eigenvalue weighted by Gasteiger charge is -2.22. The van der Waals surface area contributed by atoms with Crippen LogP contribution in [0, 0.1) is 22.7 Å². The van der Waals surface area contributed by atoms with Gasteiger partial charge in [0.25, 0.3) is 0 Å². The van der Waals surface area contributed by atoms with Crippen LogP contribution in [0.15, 0.2) is 24.3 Å². The van der Waals surface area contributed by atoms with Gasteiger partial charge in [0, 0.05) is 36.3 Å². The second kappa shape index (κ2) is 14.0. The van der Waals surface area contributed by atoms with Crippen molar-refractivity contribution in [2.75, 3.05) is 5.32 Å². The van der Waals surface area contributed by atoms with Gasteiger partial charge in [-0.05, 0) is 45.4 Å². The molecule has 3 atom stereocenters. The maximum atomic E-state index is 12.9. The molecule has 0 aliphatic rings. The molecule has 10 heteroatoms. The van der Waals surface area contributed by atoms with Crippen molar-refractivity contribution in [1.82, 2.24) is 5.32 Å². The third-order valence-electron chi connectivity index (χ3n) is 6.09. The Hall–Kier alpha value is -3.56. The molecule has 39 heavy (non-hydrogen) atoms. The number of nitrogens with one attached hydrogen (secondary N) is 2. The fourth-order valence-electron chi connectivity index (χ4n) is 3.33. The Morgan fingerprint density at radius 2 is 1.38 bits per heavy atom. The van der Waals surface area contributed by atoms with E-state index in [1.807, 2.05) is 0 Å². The van der Waals surface area contributed by atoms with E-state index in [0.29, 0.717) is 5.69 Å². The van der Waals surface area contributed by atoms with E-state index >= 15 is 0 Å². The fraction of sp³-hybridized carbons (Fsp3) is 0.586. The van der Waals surface area contributed by atoms with Gasteiger partial charge < -0.3 is 21.1 Å². The maximum Gasteiger partial charge on any atom is 0.311 e. The highest BCUT2D eigenvalue weighted by Crippen LogP contribution is 2.21. The van der Waals surface area contributed by atoms with Crippen molar-refractivity contribution in [2.24, 2.45) is 28.4 Å². The topological polar surface area (TPSA) is 162 Å². The molecule has 0 aromatic heterocycles. The van der Waals surface area contributed by atoms with Crippen LogP contribution in [-0.4, -0.2) is 41.3 Å². The van der Waals surface area contributed by atoms with Crippen molar-refractivity contribution in [1.29, 1.82) is 0 Å². The second-order valence-corrected chi connectivity index (χ2v) is 12.1. The Kier molecular flexibility index (Phi) is 12.0. The quantitative estimate of drug-likeness (QED) is 0.320. The minimum absolute atomic E-state index is 0.0424. The van der Waals surface area contributed by atoms with Crippen LogP contribution in [0.3, 0.4) is 0 Å². The lowest BCUT2D eigenvalue weighted by Crippen LogP contribution is -2.43. The molecule has 0 saturated heterocycles. The van der Waals surface area contributed by atoms with E-state index in [1.54, 1.807) is 72.7 Å². The molecule has 1 rings (SSSR count). The molecule has 0 fully saturated rings. The van der Waals surface area contributed by atoms with Crippen molar-refractivity contribution in [3.05, 3.63) is 29.8 Å². The van der Waals surface area contributed by atoms with Crippen LogP contribution in [0.2, 0.25) is 0 Å². The van der Waals surface area contributed by atoms with Crippen LogP contribution in [0.5, 0.6) is 0 Å². The minimum Gasteiger partial charge on any atom is -0.460 e. The number of anilines is 1. The lowest BCUT2D eigenvalue weighted by molar-refractivity contribution is -0.154. The average Bonchev–Trinajstić information content (AvgIpc) is 2.81. The molecule has 0 saturated carbocycles. The highest BCUT2D eigenvalue weighted by atomic mass is 16.5. The average molecular weight is 546 g/mol. The van der Waals surface area contributed by atoms with Gasteiger partial charge in [0.2, 0.25) is 17.7 Å². The number of amides is 3. The zero-order valence-electron chi connectivity index (χ0n) is 24.3.